The van der Waals surface area contributed by atoms with Crippen LogP contribution in [-0.2, 0) is 0 Å². The molecule has 21 heavy (non-hydrogen) atoms. The molecule has 0 bridgehead atoms. The lowest BCUT2D eigenvalue weighted by Gasteiger charge is -2.01. The fourth-order valence-electron chi connectivity index (χ4n) is 2.30. The van der Waals surface area contributed by atoms with Gasteiger partial charge in [-0.2, -0.15) is 5.26 Å². The normalized spacial score (nSPS) is 10.3. The molecular weight excluding hydrogens is 280 g/mol. The Morgan fingerprint density at radius 1 is 1.00 bits per heavy atom. The highest BCUT2D eigenvalue weighted by Crippen LogP contribution is 2.29. The van der Waals surface area contributed by atoms with E-state index >= 15 is 0 Å². The number of aromatic nitrogens is 1. The van der Waals surface area contributed by atoms with Crippen molar-refractivity contribution in [3.05, 3.63) is 70.7 Å². The Morgan fingerprint density at radius 3 is 2.43 bits per heavy atom. The molecular formula is C18H13ClN2. The van der Waals surface area contributed by atoms with Crippen LogP contribution >= 0.6 is 11.6 Å². The number of hydrogen-bond acceptors (Lipinski definition) is 1. The molecule has 0 atom stereocenters. The van der Waals surface area contributed by atoms with Crippen molar-refractivity contribution in [3.63, 3.8) is 0 Å². The fourth-order valence-corrected chi connectivity index (χ4v) is 2.49. The smallest absolute Gasteiger partial charge is 0.101 e. The van der Waals surface area contributed by atoms with Crippen molar-refractivity contribution in [3.8, 4) is 28.6 Å². The Kier molecular flexibility index (Phi) is 3.51. The molecule has 3 aromatic rings. The van der Waals surface area contributed by atoms with Crippen LogP contribution in [0.5, 0.6) is 0 Å². The van der Waals surface area contributed by atoms with E-state index in [2.05, 4.69) is 11.1 Å². The topological polar surface area (TPSA) is 39.6 Å². The molecule has 1 aromatic heterocycles. The summed E-state index contributed by atoms with van der Waals surface area (Å²) in [5.74, 6) is 0. The Bertz CT molecular complexity index is 823. The second-order valence-corrected chi connectivity index (χ2v) is 5.40. The quantitative estimate of drug-likeness (QED) is 0.694. The monoisotopic (exact) mass is 292 g/mol. The van der Waals surface area contributed by atoms with E-state index in [0.29, 0.717) is 10.6 Å². The highest BCUT2D eigenvalue weighted by atomic mass is 35.5. The van der Waals surface area contributed by atoms with Crippen molar-refractivity contribution in [2.75, 3.05) is 0 Å². The van der Waals surface area contributed by atoms with Crippen LogP contribution in [0, 0.1) is 18.3 Å². The first-order chi connectivity index (χ1) is 10.2. The summed E-state index contributed by atoms with van der Waals surface area (Å²) in [4.78, 5) is 3.33. The van der Waals surface area contributed by atoms with Crippen LogP contribution in [0.25, 0.3) is 22.5 Å². The van der Waals surface area contributed by atoms with Crippen LogP contribution < -0.4 is 0 Å². The van der Waals surface area contributed by atoms with E-state index in [9.17, 15) is 5.26 Å². The number of benzene rings is 2. The Hall–Kier alpha value is -2.50. The molecule has 0 saturated heterocycles. The lowest BCUT2D eigenvalue weighted by atomic mass is 10.1. The summed E-state index contributed by atoms with van der Waals surface area (Å²) in [7, 11) is 0. The molecule has 1 heterocycles. The van der Waals surface area contributed by atoms with Crippen LogP contribution in [0.1, 0.15) is 11.1 Å². The highest BCUT2D eigenvalue weighted by molar-refractivity contribution is 6.30. The number of nitrogens with one attached hydrogen (secondary N) is 1. The number of halogens is 1. The summed E-state index contributed by atoms with van der Waals surface area (Å²) in [5.41, 5.74) is 5.53. The number of H-pyrrole nitrogens is 1. The van der Waals surface area contributed by atoms with Crippen molar-refractivity contribution in [1.29, 1.82) is 5.26 Å². The van der Waals surface area contributed by atoms with Crippen molar-refractivity contribution in [2.24, 2.45) is 0 Å². The molecule has 102 valence electrons. The third-order valence-corrected chi connectivity index (χ3v) is 3.65. The molecule has 0 amide bonds. The number of aryl methyl sites for hydroxylation is 1. The lowest BCUT2D eigenvalue weighted by Crippen LogP contribution is -1.82. The molecule has 0 unspecified atom stereocenters. The summed E-state index contributed by atoms with van der Waals surface area (Å²) in [5, 5.41) is 10.0. The first-order valence-corrected chi connectivity index (χ1v) is 7.01. The van der Waals surface area contributed by atoms with Gasteiger partial charge in [0.25, 0.3) is 0 Å². The van der Waals surface area contributed by atoms with Crippen molar-refractivity contribution in [2.45, 2.75) is 6.92 Å². The molecule has 0 spiro atoms. The van der Waals surface area contributed by atoms with Crippen LogP contribution in [0.4, 0.5) is 0 Å². The average molecular weight is 293 g/mol. The van der Waals surface area contributed by atoms with Crippen LogP contribution in [0.3, 0.4) is 0 Å². The number of aromatic amines is 1. The van der Waals surface area contributed by atoms with E-state index in [0.717, 1.165) is 22.5 Å². The number of rotatable bonds is 2. The van der Waals surface area contributed by atoms with Gasteiger partial charge in [-0.3, -0.25) is 0 Å². The molecule has 0 saturated carbocycles. The highest BCUT2D eigenvalue weighted by Gasteiger charge is 2.11. The maximum Gasteiger partial charge on any atom is 0.101 e. The Labute approximate surface area is 128 Å². The first-order valence-electron chi connectivity index (χ1n) is 6.63. The zero-order valence-electron chi connectivity index (χ0n) is 11.5. The number of hydrogen-bond donors (Lipinski definition) is 1. The van der Waals surface area contributed by atoms with Gasteiger partial charge in [0.1, 0.15) is 6.07 Å². The summed E-state index contributed by atoms with van der Waals surface area (Å²) in [6.45, 7) is 2.04. The molecule has 3 heteroatoms. The van der Waals surface area contributed by atoms with E-state index in [1.165, 1.54) is 5.56 Å². The number of nitriles is 1. The maximum absolute atomic E-state index is 9.35. The van der Waals surface area contributed by atoms with Crippen LogP contribution in [0.15, 0.2) is 54.6 Å². The lowest BCUT2D eigenvalue weighted by molar-refractivity contribution is 1.37. The predicted molar refractivity (Wildman–Crippen MR) is 86.1 cm³/mol. The third kappa shape index (κ3) is 2.69. The molecule has 2 aromatic carbocycles. The first kappa shape index (κ1) is 13.5. The van der Waals surface area contributed by atoms with Gasteiger partial charge in [-0.25, -0.2) is 0 Å². The van der Waals surface area contributed by atoms with Gasteiger partial charge < -0.3 is 4.98 Å². The maximum atomic E-state index is 9.35. The molecule has 3 rings (SSSR count). The van der Waals surface area contributed by atoms with Gasteiger partial charge in [0.05, 0.1) is 11.3 Å². The minimum Gasteiger partial charge on any atom is -0.353 e. The van der Waals surface area contributed by atoms with E-state index in [-0.39, 0.29) is 0 Å². The summed E-state index contributed by atoms with van der Waals surface area (Å²) in [6, 6.07) is 19.8. The standard InChI is InChI=1S/C18H13ClN2/c1-12-5-7-13(8-6-12)18-15(11-20)10-17(21-18)14-3-2-4-16(19)9-14/h2-10,21H,1H3. The summed E-state index contributed by atoms with van der Waals surface area (Å²) in [6.07, 6.45) is 0. The van der Waals surface area contributed by atoms with Crippen LogP contribution in [-0.4, -0.2) is 4.98 Å². The third-order valence-electron chi connectivity index (χ3n) is 3.41. The zero-order chi connectivity index (χ0) is 14.8. The molecule has 1 N–H and O–H groups in total. The second kappa shape index (κ2) is 5.47. The Morgan fingerprint density at radius 2 is 1.76 bits per heavy atom. The minimum atomic E-state index is 0.633. The van der Waals surface area contributed by atoms with Crippen molar-refractivity contribution in [1.82, 2.24) is 4.98 Å². The van der Waals surface area contributed by atoms with E-state index in [1.54, 1.807) is 0 Å². The van der Waals surface area contributed by atoms with Gasteiger partial charge in [-0.15, -0.1) is 0 Å². The van der Waals surface area contributed by atoms with Gasteiger partial charge in [0.2, 0.25) is 0 Å². The summed E-state index contributed by atoms with van der Waals surface area (Å²) >= 11 is 6.03. The second-order valence-electron chi connectivity index (χ2n) is 4.96. The van der Waals surface area contributed by atoms with Gasteiger partial charge in [-0.1, -0.05) is 53.6 Å². The number of nitrogens with zero attached hydrogens (tertiary/aromatic N) is 1. The predicted octanol–water partition coefficient (Wildman–Crippen LogP) is 5.18. The van der Waals surface area contributed by atoms with Crippen molar-refractivity contribution >= 4 is 11.6 Å². The average Bonchev–Trinajstić information content (AvgIpc) is 2.92. The van der Waals surface area contributed by atoms with Gasteiger partial charge in [0.15, 0.2) is 0 Å². The van der Waals surface area contributed by atoms with Gasteiger partial charge >= 0.3 is 0 Å². The molecule has 0 aliphatic heterocycles. The molecule has 0 aliphatic carbocycles. The zero-order valence-corrected chi connectivity index (χ0v) is 12.3. The van der Waals surface area contributed by atoms with E-state index in [1.807, 2.05) is 61.5 Å². The fraction of sp³-hybridized carbons (Fsp3) is 0.0556. The Balaban J connectivity index is 2.11. The largest absolute Gasteiger partial charge is 0.353 e. The van der Waals surface area contributed by atoms with E-state index < -0.39 is 0 Å². The van der Waals surface area contributed by atoms with Crippen molar-refractivity contribution < 1.29 is 0 Å². The van der Waals surface area contributed by atoms with Gasteiger partial charge in [-0.05, 0) is 36.2 Å². The molecule has 0 aliphatic rings. The SMILES string of the molecule is Cc1ccc(-c2[nH]c(-c3cccc(Cl)c3)cc2C#N)cc1. The minimum absolute atomic E-state index is 0.633. The van der Waals surface area contributed by atoms with Crippen LogP contribution in [0.2, 0.25) is 5.02 Å². The summed E-state index contributed by atoms with van der Waals surface area (Å²) < 4.78 is 0. The molecule has 0 fully saturated rings. The van der Waals surface area contributed by atoms with Gasteiger partial charge in [0, 0.05) is 10.7 Å². The van der Waals surface area contributed by atoms with E-state index in [4.69, 9.17) is 11.6 Å². The molecule has 0 radical (unpaired) electrons. The molecule has 2 nitrogen and oxygen atoms in total.